The monoisotopic (exact) mass is 412 g/mol. The molecule has 0 aliphatic heterocycles. The van der Waals surface area contributed by atoms with Gasteiger partial charge in [-0.25, -0.2) is 4.68 Å². The number of hydrogen-bond acceptors (Lipinski definition) is 6. The molecule has 0 aliphatic rings. The second-order valence-electron chi connectivity index (χ2n) is 6.28. The van der Waals surface area contributed by atoms with E-state index in [2.05, 4.69) is 26.7 Å². The molecule has 4 rings (SSSR count). The Labute approximate surface area is 177 Å². The summed E-state index contributed by atoms with van der Waals surface area (Å²) in [4.78, 5) is 17.9. The van der Waals surface area contributed by atoms with Gasteiger partial charge in [0.25, 0.3) is 5.91 Å². The van der Waals surface area contributed by atoms with Crippen LogP contribution in [0, 0.1) is 11.3 Å². The maximum Gasteiger partial charge on any atom is 0.255 e. The van der Waals surface area contributed by atoms with E-state index < -0.39 is 0 Å². The number of nitrogens with one attached hydrogen (secondary N) is 1. The third-order valence-corrected chi connectivity index (χ3v) is 5.11. The lowest BCUT2D eigenvalue weighted by Crippen LogP contribution is -2.11. The molecule has 8 heteroatoms. The Bertz CT molecular complexity index is 1270. The van der Waals surface area contributed by atoms with Gasteiger partial charge in [0.05, 0.1) is 11.2 Å². The number of nitrogens with zero attached hydrogens (tertiary/aromatic N) is 5. The molecule has 0 radical (unpaired) electrons. The van der Waals surface area contributed by atoms with E-state index in [0.717, 1.165) is 4.90 Å². The zero-order valence-electron chi connectivity index (χ0n) is 16.0. The van der Waals surface area contributed by atoms with Crippen LogP contribution in [0.1, 0.15) is 16.1 Å². The van der Waals surface area contributed by atoms with Gasteiger partial charge in [0.2, 0.25) is 0 Å². The number of fused-ring (bicyclic) bond motifs is 1. The number of hydrogen-bond donors (Lipinski definition) is 1. The Morgan fingerprint density at radius 2 is 2.00 bits per heavy atom. The van der Waals surface area contributed by atoms with Crippen molar-refractivity contribution in [1.82, 2.24) is 20.0 Å². The third-order valence-electron chi connectivity index (χ3n) is 4.37. The van der Waals surface area contributed by atoms with E-state index in [-0.39, 0.29) is 11.6 Å². The predicted octanol–water partition coefficient (Wildman–Crippen LogP) is 4.32. The number of carbonyl (C=O) groups is 1. The lowest BCUT2D eigenvalue weighted by molar-refractivity contribution is 0.102. The van der Waals surface area contributed by atoms with Crippen LogP contribution < -0.4 is 5.32 Å². The second-order valence-corrected chi connectivity index (χ2v) is 7.16. The second kappa shape index (κ2) is 8.59. The van der Waals surface area contributed by atoms with Gasteiger partial charge in [-0.05, 0) is 60.9 Å². The Morgan fingerprint density at radius 3 is 2.70 bits per heavy atom. The van der Waals surface area contributed by atoms with Crippen LogP contribution in [0.2, 0.25) is 0 Å². The fourth-order valence-electron chi connectivity index (χ4n) is 2.86. The number of anilines is 1. The van der Waals surface area contributed by atoms with E-state index in [1.807, 2.05) is 24.5 Å². The number of carbonyl (C=O) groups excluding carboxylic acids is 1. The van der Waals surface area contributed by atoms with Crippen LogP contribution in [0.5, 0.6) is 0 Å². The Balaban J connectivity index is 1.65. The molecule has 2 aromatic carbocycles. The van der Waals surface area contributed by atoms with Crippen LogP contribution in [0.3, 0.4) is 0 Å². The minimum absolute atomic E-state index is 0.217. The van der Waals surface area contributed by atoms with E-state index in [1.54, 1.807) is 66.5 Å². The number of nitriles is 1. The van der Waals surface area contributed by atoms with Crippen molar-refractivity contribution in [2.24, 2.45) is 0 Å². The van der Waals surface area contributed by atoms with E-state index in [0.29, 0.717) is 28.0 Å². The maximum atomic E-state index is 12.6. The first-order valence-electron chi connectivity index (χ1n) is 9.02. The largest absolute Gasteiger partial charge is 0.322 e. The maximum absolute atomic E-state index is 12.6. The average molecular weight is 412 g/mol. The molecule has 30 heavy (non-hydrogen) atoms. The fraction of sp³-hybridized carbons (Fsp3) is 0.0455. The van der Waals surface area contributed by atoms with Crippen molar-refractivity contribution in [3.8, 4) is 6.07 Å². The summed E-state index contributed by atoms with van der Waals surface area (Å²) >= 11 is 1.62. The van der Waals surface area contributed by atoms with E-state index in [9.17, 15) is 10.1 Å². The number of amides is 1. The lowest BCUT2D eigenvalue weighted by Gasteiger charge is -2.07. The summed E-state index contributed by atoms with van der Waals surface area (Å²) in [5.74, 6) is -0.217. The molecule has 0 bridgehead atoms. The van der Waals surface area contributed by atoms with E-state index in [1.165, 1.54) is 4.68 Å². The molecule has 0 unspecified atom stereocenters. The van der Waals surface area contributed by atoms with Crippen molar-refractivity contribution < 1.29 is 4.79 Å². The normalized spacial score (nSPS) is 11.3. The van der Waals surface area contributed by atoms with Crippen molar-refractivity contribution in [2.45, 2.75) is 4.90 Å². The SMILES string of the molecule is CSc1ccc(C(=O)Nc2ccc3nnn(/C(C#N)=C/c4ccccn4)c3c2)cc1. The number of rotatable bonds is 5. The predicted molar refractivity (Wildman–Crippen MR) is 118 cm³/mol. The third kappa shape index (κ3) is 4.06. The fourth-order valence-corrected chi connectivity index (χ4v) is 3.27. The van der Waals surface area contributed by atoms with Gasteiger partial charge in [0.15, 0.2) is 0 Å². The standard InChI is InChI=1S/C22H16N6OS/c1-30-19-8-5-15(6-9-19)22(29)25-17-7-10-20-21(13-17)28(27-26-20)18(14-23)12-16-4-2-3-11-24-16/h2-13H,1H3,(H,25,29)/b18-12+. The molecule has 1 amide bonds. The Kier molecular flexibility index (Phi) is 5.54. The van der Waals surface area contributed by atoms with Gasteiger partial charge in [0, 0.05) is 28.4 Å². The van der Waals surface area contributed by atoms with Crippen molar-refractivity contribution in [2.75, 3.05) is 11.6 Å². The molecule has 2 heterocycles. The van der Waals surface area contributed by atoms with Gasteiger partial charge >= 0.3 is 0 Å². The van der Waals surface area contributed by atoms with Gasteiger partial charge in [0.1, 0.15) is 17.3 Å². The van der Waals surface area contributed by atoms with Crippen LogP contribution in [-0.4, -0.2) is 32.1 Å². The summed E-state index contributed by atoms with van der Waals surface area (Å²) in [6.45, 7) is 0. The van der Waals surface area contributed by atoms with E-state index >= 15 is 0 Å². The summed E-state index contributed by atoms with van der Waals surface area (Å²) in [6.07, 6.45) is 5.27. The molecular formula is C22H16N6OS. The van der Waals surface area contributed by atoms with Crippen molar-refractivity contribution in [1.29, 1.82) is 5.26 Å². The summed E-state index contributed by atoms with van der Waals surface area (Å²) in [5, 5.41) is 20.7. The number of pyridine rings is 1. The smallest absolute Gasteiger partial charge is 0.255 e. The summed E-state index contributed by atoms with van der Waals surface area (Å²) in [6, 6.07) is 20.2. The lowest BCUT2D eigenvalue weighted by atomic mass is 10.2. The Hall–Kier alpha value is -3.96. The van der Waals surface area contributed by atoms with Gasteiger partial charge in [-0.1, -0.05) is 11.3 Å². The van der Waals surface area contributed by atoms with E-state index in [4.69, 9.17) is 0 Å². The molecular weight excluding hydrogens is 396 g/mol. The molecule has 146 valence electrons. The van der Waals surface area contributed by atoms with Crippen LogP contribution in [0.25, 0.3) is 22.8 Å². The summed E-state index contributed by atoms with van der Waals surface area (Å²) in [7, 11) is 0. The molecule has 2 aromatic heterocycles. The van der Waals surface area contributed by atoms with Crippen LogP contribution in [-0.2, 0) is 0 Å². The van der Waals surface area contributed by atoms with Gasteiger partial charge < -0.3 is 5.32 Å². The van der Waals surface area contributed by atoms with Crippen molar-refractivity contribution in [3.63, 3.8) is 0 Å². The molecule has 0 fully saturated rings. The van der Waals surface area contributed by atoms with Crippen LogP contribution in [0.15, 0.2) is 71.8 Å². The Morgan fingerprint density at radius 1 is 1.17 bits per heavy atom. The van der Waals surface area contributed by atoms with Crippen LogP contribution in [0.4, 0.5) is 5.69 Å². The zero-order chi connectivity index (χ0) is 20.9. The molecule has 4 aromatic rings. The minimum atomic E-state index is -0.217. The summed E-state index contributed by atoms with van der Waals surface area (Å²) < 4.78 is 1.44. The molecule has 1 N–H and O–H groups in total. The highest BCUT2D eigenvalue weighted by Crippen LogP contribution is 2.22. The molecule has 0 saturated carbocycles. The quantitative estimate of drug-likeness (QED) is 0.387. The van der Waals surface area contributed by atoms with Gasteiger partial charge in [-0.15, -0.1) is 16.9 Å². The summed E-state index contributed by atoms with van der Waals surface area (Å²) in [5.41, 5.74) is 3.27. The number of allylic oxidation sites excluding steroid dienone is 1. The number of thioether (sulfide) groups is 1. The van der Waals surface area contributed by atoms with Crippen molar-refractivity contribution in [3.05, 3.63) is 78.1 Å². The highest BCUT2D eigenvalue weighted by molar-refractivity contribution is 7.98. The molecule has 0 saturated heterocycles. The first-order valence-corrected chi connectivity index (χ1v) is 10.2. The number of aromatic nitrogens is 4. The first kappa shape index (κ1) is 19.4. The van der Waals surface area contributed by atoms with Gasteiger partial charge in [-0.2, -0.15) is 5.26 Å². The average Bonchev–Trinajstić information content (AvgIpc) is 3.21. The first-order chi connectivity index (χ1) is 14.7. The number of benzene rings is 2. The molecule has 0 atom stereocenters. The highest BCUT2D eigenvalue weighted by atomic mass is 32.2. The highest BCUT2D eigenvalue weighted by Gasteiger charge is 2.12. The van der Waals surface area contributed by atoms with Crippen molar-refractivity contribution >= 4 is 46.2 Å². The zero-order valence-corrected chi connectivity index (χ0v) is 16.8. The molecule has 0 spiro atoms. The minimum Gasteiger partial charge on any atom is -0.322 e. The topological polar surface area (TPSA) is 96.5 Å². The molecule has 0 aliphatic carbocycles. The molecule has 7 nitrogen and oxygen atoms in total. The van der Waals surface area contributed by atoms with Crippen LogP contribution >= 0.6 is 11.8 Å². The van der Waals surface area contributed by atoms with Gasteiger partial charge in [-0.3, -0.25) is 9.78 Å².